The van der Waals surface area contributed by atoms with Crippen LogP contribution in [0.5, 0.6) is 28.7 Å². The summed E-state index contributed by atoms with van der Waals surface area (Å²) in [6.45, 7) is 0. The molecule has 114 valence electrons. The number of aromatic hydroxyl groups is 4. The number of aromatic carboxylic acids is 1. The van der Waals surface area contributed by atoms with Gasteiger partial charge in [-0.1, -0.05) is 0 Å². The molecule has 0 bridgehead atoms. The second-order valence-corrected chi connectivity index (χ2v) is 4.20. The van der Waals surface area contributed by atoms with Crippen molar-refractivity contribution in [2.75, 3.05) is 0 Å². The van der Waals surface area contributed by atoms with Crippen molar-refractivity contribution in [2.24, 2.45) is 0 Å². The van der Waals surface area contributed by atoms with E-state index < -0.39 is 40.5 Å². The van der Waals surface area contributed by atoms with Crippen molar-refractivity contribution in [3.8, 4) is 28.7 Å². The van der Waals surface area contributed by atoms with E-state index in [4.69, 9.17) is 9.84 Å². The lowest BCUT2D eigenvalue weighted by molar-refractivity contribution is 0.0692. The van der Waals surface area contributed by atoms with Crippen LogP contribution in [0.25, 0.3) is 0 Å². The molecule has 0 unspecified atom stereocenters. The lowest BCUT2D eigenvalue weighted by atomic mass is 10.1. The van der Waals surface area contributed by atoms with Gasteiger partial charge in [0.2, 0.25) is 5.75 Å². The Balaban J connectivity index is 2.35. The number of carboxylic acid groups (broad SMARTS) is 1. The summed E-state index contributed by atoms with van der Waals surface area (Å²) in [5.74, 6) is -5.75. The van der Waals surface area contributed by atoms with E-state index in [-0.39, 0.29) is 11.3 Å². The molecule has 0 aromatic heterocycles. The molecule has 0 aliphatic rings. The number of carbonyl (C=O) groups is 2. The standard InChI is InChI=1S/C14H10O8/c15-6-1-3-9(16)8(5-6)14(21)22-10-4-2-7(13(19)20)11(17)12(10)18/h1-5,15-18H,(H,19,20). The van der Waals surface area contributed by atoms with E-state index in [0.29, 0.717) is 0 Å². The van der Waals surface area contributed by atoms with Gasteiger partial charge in [0.25, 0.3) is 0 Å². The molecule has 0 aliphatic heterocycles. The number of phenolic OH excluding ortho intramolecular Hbond substituents is 3. The fourth-order valence-electron chi connectivity index (χ4n) is 1.66. The highest BCUT2D eigenvalue weighted by atomic mass is 16.5. The van der Waals surface area contributed by atoms with Crippen molar-refractivity contribution < 1.29 is 39.9 Å². The van der Waals surface area contributed by atoms with Crippen molar-refractivity contribution in [1.29, 1.82) is 0 Å². The average molecular weight is 306 g/mol. The molecule has 0 spiro atoms. The second kappa shape index (κ2) is 5.52. The molecular weight excluding hydrogens is 296 g/mol. The van der Waals surface area contributed by atoms with Crippen LogP contribution >= 0.6 is 0 Å². The van der Waals surface area contributed by atoms with E-state index in [2.05, 4.69) is 0 Å². The van der Waals surface area contributed by atoms with Crippen LogP contribution in [0.3, 0.4) is 0 Å². The summed E-state index contributed by atoms with van der Waals surface area (Å²) in [5.41, 5.74) is -0.946. The van der Waals surface area contributed by atoms with Crippen molar-refractivity contribution in [3.63, 3.8) is 0 Å². The minimum absolute atomic E-state index is 0.293. The van der Waals surface area contributed by atoms with Gasteiger partial charge < -0.3 is 30.3 Å². The van der Waals surface area contributed by atoms with E-state index in [1.807, 2.05) is 0 Å². The van der Waals surface area contributed by atoms with Crippen molar-refractivity contribution >= 4 is 11.9 Å². The van der Waals surface area contributed by atoms with E-state index in [9.17, 15) is 30.0 Å². The number of benzene rings is 2. The van der Waals surface area contributed by atoms with E-state index in [1.165, 1.54) is 0 Å². The second-order valence-electron chi connectivity index (χ2n) is 4.20. The lowest BCUT2D eigenvalue weighted by Crippen LogP contribution is -2.09. The van der Waals surface area contributed by atoms with Crippen LogP contribution in [-0.2, 0) is 0 Å². The largest absolute Gasteiger partial charge is 0.508 e. The topological polar surface area (TPSA) is 145 Å². The van der Waals surface area contributed by atoms with Gasteiger partial charge in [0, 0.05) is 0 Å². The van der Waals surface area contributed by atoms with Gasteiger partial charge in [-0.05, 0) is 30.3 Å². The molecule has 2 aromatic rings. The molecular formula is C14H10O8. The third kappa shape index (κ3) is 2.70. The number of hydrogen-bond acceptors (Lipinski definition) is 7. The molecule has 0 heterocycles. The molecule has 0 saturated heterocycles. The Morgan fingerprint density at radius 3 is 2.18 bits per heavy atom. The zero-order chi connectivity index (χ0) is 16.4. The van der Waals surface area contributed by atoms with Crippen molar-refractivity contribution in [3.05, 3.63) is 41.5 Å². The maximum Gasteiger partial charge on any atom is 0.347 e. The Labute approximate surface area is 123 Å². The SMILES string of the molecule is O=C(Oc1ccc(C(=O)O)c(O)c1O)c1cc(O)ccc1O. The quantitative estimate of drug-likeness (QED) is 0.248. The molecule has 0 amide bonds. The molecule has 8 heteroatoms. The van der Waals surface area contributed by atoms with Crippen LogP contribution in [0.15, 0.2) is 30.3 Å². The zero-order valence-electron chi connectivity index (χ0n) is 10.8. The summed E-state index contributed by atoms with van der Waals surface area (Å²) in [5, 5.41) is 46.7. The zero-order valence-corrected chi connectivity index (χ0v) is 10.8. The number of carboxylic acids is 1. The fourth-order valence-corrected chi connectivity index (χ4v) is 1.66. The third-order valence-electron chi connectivity index (χ3n) is 2.75. The first-order valence-corrected chi connectivity index (χ1v) is 5.83. The maximum atomic E-state index is 11.9. The normalized spacial score (nSPS) is 10.2. The Hall–Kier alpha value is -3.42. The molecule has 0 aliphatic carbocycles. The number of ether oxygens (including phenoxy) is 1. The van der Waals surface area contributed by atoms with Crippen LogP contribution in [-0.4, -0.2) is 37.5 Å². The molecule has 0 radical (unpaired) electrons. The number of rotatable bonds is 3. The summed E-state index contributed by atoms with van der Waals surface area (Å²) < 4.78 is 4.77. The Morgan fingerprint density at radius 1 is 0.864 bits per heavy atom. The molecule has 0 atom stereocenters. The number of esters is 1. The first kappa shape index (κ1) is 15.0. The van der Waals surface area contributed by atoms with Crippen LogP contribution in [0.1, 0.15) is 20.7 Å². The van der Waals surface area contributed by atoms with Gasteiger partial charge in [-0.15, -0.1) is 0 Å². The first-order chi connectivity index (χ1) is 10.3. The smallest absolute Gasteiger partial charge is 0.347 e. The highest BCUT2D eigenvalue weighted by Crippen LogP contribution is 2.38. The highest BCUT2D eigenvalue weighted by molar-refractivity contribution is 5.96. The van der Waals surface area contributed by atoms with E-state index in [0.717, 1.165) is 30.3 Å². The Bertz CT molecular complexity index is 766. The van der Waals surface area contributed by atoms with Crippen LogP contribution in [0.4, 0.5) is 0 Å². The highest BCUT2D eigenvalue weighted by Gasteiger charge is 2.21. The molecule has 2 rings (SSSR count). The van der Waals surface area contributed by atoms with Crippen molar-refractivity contribution in [1.82, 2.24) is 0 Å². The predicted molar refractivity (Wildman–Crippen MR) is 71.5 cm³/mol. The summed E-state index contributed by atoms with van der Waals surface area (Å²) in [6.07, 6.45) is 0. The summed E-state index contributed by atoms with van der Waals surface area (Å²) in [4.78, 5) is 22.6. The van der Waals surface area contributed by atoms with Crippen LogP contribution in [0.2, 0.25) is 0 Å². The minimum atomic E-state index is -1.48. The van der Waals surface area contributed by atoms with Crippen LogP contribution < -0.4 is 4.74 Å². The molecule has 0 fully saturated rings. The molecule has 22 heavy (non-hydrogen) atoms. The first-order valence-electron chi connectivity index (χ1n) is 5.83. The minimum Gasteiger partial charge on any atom is -0.508 e. The van der Waals surface area contributed by atoms with Gasteiger partial charge in [0.1, 0.15) is 22.6 Å². The van der Waals surface area contributed by atoms with Gasteiger partial charge in [-0.25, -0.2) is 9.59 Å². The van der Waals surface area contributed by atoms with E-state index >= 15 is 0 Å². The molecule has 5 N–H and O–H groups in total. The number of carbonyl (C=O) groups excluding carboxylic acids is 1. The van der Waals surface area contributed by atoms with Gasteiger partial charge in [0.05, 0.1) is 0 Å². The third-order valence-corrected chi connectivity index (χ3v) is 2.75. The van der Waals surface area contributed by atoms with Gasteiger partial charge in [-0.3, -0.25) is 0 Å². The fraction of sp³-hybridized carbons (Fsp3) is 0. The average Bonchev–Trinajstić information content (AvgIpc) is 2.46. The lowest BCUT2D eigenvalue weighted by Gasteiger charge is -2.10. The summed E-state index contributed by atoms with van der Waals surface area (Å²) in [6, 6.07) is 5.06. The van der Waals surface area contributed by atoms with Gasteiger partial charge >= 0.3 is 11.9 Å². The summed E-state index contributed by atoms with van der Waals surface area (Å²) >= 11 is 0. The van der Waals surface area contributed by atoms with Crippen LogP contribution in [0, 0.1) is 0 Å². The van der Waals surface area contributed by atoms with Gasteiger partial charge in [0.15, 0.2) is 11.5 Å². The molecule has 2 aromatic carbocycles. The maximum absolute atomic E-state index is 11.9. The van der Waals surface area contributed by atoms with Crippen molar-refractivity contribution in [2.45, 2.75) is 0 Å². The monoisotopic (exact) mass is 306 g/mol. The number of hydrogen-bond donors (Lipinski definition) is 5. The molecule has 8 nitrogen and oxygen atoms in total. The van der Waals surface area contributed by atoms with Gasteiger partial charge in [-0.2, -0.15) is 0 Å². The summed E-state index contributed by atoms with van der Waals surface area (Å²) in [7, 11) is 0. The predicted octanol–water partition coefficient (Wildman–Crippen LogP) is 1.43. The number of phenols is 4. The molecule has 0 saturated carbocycles. The Morgan fingerprint density at radius 2 is 1.55 bits per heavy atom. The Kier molecular flexibility index (Phi) is 3.76. The van der Waals surface area contributed by atoms with E-state index in [1.54, 1.807) is 0 Å².